The van der Waals surface area contributed by atoms with Crippen LogP contribution in [0.1, 0.15) is 0 Å². The summed E-state index contributed by atoms with van der Waals surface area (Å²) in [5.74, 6) is -5.95. The monoisotopic (exact) mass is 326 g/mol. The molecule has 0 aromatic heterocycles. The molecule has 4 unspecified atom stereocenters. The van der Waals surface area contributed by atoms with Crippen molar-refractivity contribution in [2.24, 2.45) is 11.8 Å². The molecule has 0 spiro atoms. The SMILES string of the molecule is OCC1C(CO)C2(Cl)C(Cl)=C(Cl)C1(Cl)C2(F)F. The summed E-state index contributed by atoms with van der Waals surface area (Å²) in [4.78, 5) is -4.70. The molecule has 17 heavy (non-hydrogen) atoms. The number of hydrogen-bond acceptors (Lipinski definition) is 2. The van der Waals surface area contributed by atoms with Gasteiger partial charge in [0.1, 0.15) is 0 Å². The fraction of sp³-hybridized carbons (Fsp3) is 0.778. The van der Waals surface area contributed by atoms with Gasteiger partial charge in [-0.2, -0.15) is 0 Å². The first-order valence-electron chi connectivity index (χ1n) is 4.74. The van der Waals surface area contributed by atoms with Crippen molar-refractivity contribution >= 4 is 46.4 Å². The van der Waals surface area contributed by atoms with Crippen LogP contribution >= 0.6 is 46.4 Å². The van der Waals surface area contributed by atoms with Gasteiger partial charge in [-0.15, -0.1) is 23.2 Å². The van der Waals surface area contributed by atoms with Crippen LogP contribution in [0.15, 0.2) is 10.1 Å². The third-order valence-electron chi connectivity index (χ3n) is 3.65. The van der Waals surface area contributed by atoms with E-state index in [0.717, 1.165) is 0 Å². The minimum atomic E-state index is -3.64. The van der Waals surface area contributed by atoms with Crippen molar-refractivity contribution in [2.75, 3.05) is 13.2 Å². The lowest BCUT2D eigenvalue weighted by molar-refractivity contribution is -0.0285. The minimum absolute atomic E-state index is 0.454. The number of alkyl halides is 4. The van der Waals surface area contributed by atoms with Crippen LogP contribution in [0.25, 0.3) is 0 Å². The summed E-state index contributed by atoms with van der Waals surface area (Å²) in [5.41, 5.74) is 0. The molecule has 8 heteroatoms. The first-order valence-corrected chi connectivity index (χ1v) is 6.26. The second-order valence-corrected chi connectivity index (χ2v) is 6.15. The number of rotatable bonds is 2. The predicted molar refractivity (Wildman–Crippen MR) is 62.0 cm³/mol. The first kappa shape index (κ1) is 14.1. The molecule has 2 bridgehead atoms. The van der Waals surface area contributed by atoms with E-state index in [4.69, 9.17) is 46.4 Å². The Balaban J connectivity index is 2.72. The van der Waals surface area contributed by atoms with Gasteiger partial charge in [0.25, 0.3) is 5.92 Å². The lowest BCUT2D eigenvalue weighted by Crippen LogP contribution is -2.47. The van der Waals surface area contributed by atoms with Gasteiger partial charge in [-0.25, -0.2) is 8.78 Å². The van der Waals surface area contributed by atoms with E-state index < -0.39 is 50.8 Å². The maximum Gasteiger partial charge on any atom is 0.296 e. The number of allylic oxidation sites excluding steroid dienone is 2. The fourth-order valence-corrected chi connectivity index (χ4v) is 4.60. The Morgan fingerprint density at radius 3 is 1.47 bits per heavy atom. The molecule has 2 N–H and O–H groups in total. The summed E-state index contributed by atoms with van der Waals surface area (Å²) >= 11 is 23.2. The number of fused-ring (bicyclic) bond motifs is 2. The molecular formula is C9H8Cl4F2O2. The Morgan fingerprint density at radius 2 is 1.24 bits per heavy atom. The highest BCUT2D eigenvalue weighted by molar-refractivity contribution is 6.52. The van der Waals surface area contributed by atoms with Crippen molar-refractivity contribution in [2.45, 2.75) is 15.7 Å². The molecule has 0 aliphatic heterocycles. The number of aliphatic hydroxyl groups excluding tert-OH is 2. The van der Waals surface area contributed by atoms with Gasteiger partial charge in [0, 0.05) is 25.0 Å². The van der Waals surface area contributed by atoms with E-state index in [0.29, 0.717) is 0 Å². The quantitative estimate of drug-likeness (QED) is 0.765. The molecule has 1 saturated carbocycles. The van der Waals surface area contributed by atoms with E-state index >= 15 is 0 Å². The third kappa shape index (κ3) is 1.20. The van der Waals surface area contributed by atoms with E-state index in [1.807, 2.05) is 0 Å². The molecule has 0 aromatic rings. The first-order chi connectivity index (χ1) is 7.71. The lowest BCUT2D eigenvalue weighted by Gasteiger charge is -2.33. The average Bonchev–Trinajstić information content (AvgIpc) is 2.48. The van der Waals surface area contributed by atoms with Gasteiger partial charge in [-0.05, 0) is 0 Å². The minimum Gasteiger partial charge on any atom is -0.396 e. The van der Waals surface area contributed by atoms with Crippen LogP contribution in [0.3, 0.4) is 0 Å². The zero-order valence-corrected chi connectivity index (χ0v) is 11.3. The van der Waals surface area contributed by atoms with Gasteiger partial charge >= 0.3 is 0 Å². The zero-order chi connectivity index (χ0) is 13.2. The van der Waals surface area contributed by atoms with Crippen molar-refractivity contribution in [3.8, 4) is 0 Å². The smallest absolute Gasteiger partial charge is 0.296 e. The van der Waals surface area contributed by atoms with Crippen molar-refractivity contribution in [3.05, 3.63) is 10.1 Å². The molecule has 2 aliphatic carbocycles. The molecule has 0 radical (unpaired) electrons. The molecule has 2 rings (SSSR count). The van der Waals surface area contributed by atoms with Gasteiger partial charge in [0.15, 0.2) is 9.75 Å². The number of aliphatic hydroxyl groups is 2. The van der Waals surface area contributed by atoms with Crippen molar-refractivity contribution in [3.63, 3.8) is 0 Å². The van der Waals surface area contributed by atoms with E-state index in [1.165, 1.54) is 0 Å². The summed E-state index contributed by atoms with van der Waals surface area (Å²) < 4.78 is 28.5. The lowest BCUT2D eigenvalue weighted by atomic mass is 9.83. The van der Waals surface area contributed by atoms with Crippen LogP contribution in [-0.2, 0) is 0 Å². The van der Waals surface area contributed by atoms with E-state index in [1.54, 1.807) is 0 Å². The van der Waals surface area contributed by atoms with Gasteiger partial charge in [0.2, 0.25) is 0 Å². The molecule has 2 aliphatic rings. The molecule has 0 amide bonds. The Hall–Kier alpha value is 0.680. The fourth-order valence-electron chi connectivity index (χ4n) is 2.71. The van der Waals surface area contributed by atoms with Crippen molar-refractivity contribution in [1.82, 2.24) is 0 Å². The summed E-state index contributed by atoms with van der Waals surface area (Å²) in [5, 5.41) is 17.5. The zero-order valence-electron chi connectivity index (χ0n) is 8.23. The molecular weight excluding hydrogens is 320 g/mol. The maximum atomic E-state index is 14.2. The van der Waals surface area contributed by atoms with Crippen LogP contribution in [-0.4, -0.2) is 39.1 Å². The highest BCUT2D eigenvalue weighted by atomic mass is 35.5. The Bertz CT molecular complexity index is 368. The van der Waals surface area contributed by atoms with Crippen LogP contribution < -0.4 is 0 Å². The van der Waals surface area contributed by atoms with Gasteiger partial charge in [0.05, 0.1) is 10.1 Å². The topological polar surface area (TPSA) is 40.5 Å². The van der Waals surface area contributed by atoms with E-state index in [-0.39, 0.29) is 0 Å². The standard InChI is InChI=1S/C9H8Cl4F2O2/c10-5-6(11)8(13)4(2-17)3(1-16)7(5,12)9(8,14)15/h3-4,16-17H,1-2H2. The van der Waals surface area contributed by atoms with Crippen molar-refractivity contribution in [1.29, 1.82) is 0 Å². The van der Waals surface area contributed by atoms with Gasteiger partial charge < -0.3 is 10.2 Å². The van der Waals surface area contributed by atoms with E-state index in [2.05, 4.69) is 0 Å². The summed E-state index contributed by atoms with van der Waals surface area (Å²) in [6.45, 7) is -1.33. The molecule has 4 atom stereocenters. The molecule has 0 aromatic carbocycles. The average molecular weight is 328 g/mol. The second-order valence-electron chi connectivity index (χ2n) is 4.20. The largest absolute Gasteiger partial charge is 0.396 e. The molecule has 98 valence electrons. The molecule has 1 fully saturated rings. The highest BCUT2D eigenvalue weighted by Crippen LogP contribution is 2.74. The molecule has 0 saturated heterocycles. The summed E-state index contributed by atoms with van der Waals surface area (Å²) in [6.07, 6.45) is 0. The highest BCUT2D eigenvalue weighted by Gasteiger charge is 2.85. The molecule has 2 nitrogen and oxygen atoms in total. The number of halogens is 6. The summed E-state index contributed by atoms with van der Waals surface area (Å²) in [6, 6.07) is 0. The second kappa shape index (κ2) is 3.84. The van der Waals surface area contributed by atoms with Crippen LogP contribution in [0, 0.1) is 11.8 Å². The number of hydrogen-bond donors (Lipinski definition) is 2. The Morgan fingerprint density at radius 1 is 0.941 bits per heavy atom. The third-order valence-corrected chi connectivity index (χ3v) is 6.32. The maximum absolute atomic E-state index is 14.2. The predicted octanol–water partition coefficient (Wildman–Crippen LogP) is 2.51. The van der Waals surface area contributed by atoms with Crippen LogP contribution in [0.2, 0.25) is 0 Å². The Labute approximate surface area is 116 Å². The van der Waals surface area contributed by atoms with E-state index in [9.17, 15) is 19.0 Å². The summed E-state index contributed by atoms with van der Waals surface area (Å²) in [7, 11) is 0. The Kier molecular flexibility index (Phi) is 3.18. The van der Waals surface area contributed by atoms with Crippen molar-refractivity contribution < 1.29 is 19.0 Å². The van der Waals surface area contributed by atoms with Gasteiger partial charge in [-0.1, -0.05) is 23.2 Å². The van der Waals surface area contributed by atoms with Crippen LogP contribution in [0.4, 0.5) is 8.78 Å². The molecule has 0 heterocycles. The normalized spacial score (nSPS) is 48.0. The van der Waals surface area contributed by atoms with Gasteiger partial charge in [-0.3, -0.25) is 0 Å². The van der Waals surface area contributed by atoms with Crippen LogP contribution in [0.5, 0.6) is 0 Å².